The van der Waals surface area contributed by atoms with Gasteiger partial charge in [-0.1, -0.05) is 19.8 Å². The molecule has 1 aliphatic heterocycles. The van der Waals surface area contributed by atoms with E-state index < -0.39 is 5.69 Å². The lowest BCUT2D eigenvalue weighted by molar-refractivity contribution is 0.659. The molecule has 0 atom stereocenters. The van der Waals surface area contributed by atoms with E-state index in [1.54, 1.807) is 7.05 Å². The molecule has 2 aromatic rings. The second-order valence-corrected chi connectivity index (χ2v) is 5.96. The van der Waals surface area contributed by atoms with Crippen LogP contribution in [0.2, 0.25) is 0 Å². The molecule has 0 bridgehead atoms. The molecular formula is C15H23N5O2. The fraction of sp³-hybridized carbons (Fsp3) is 0.667. The Hall–Kier alpha value is -2.05. The summed E-state index contributed by atoms with van der Waals surface area (Å²) in [7, 11) is 1.65. The Morgan fingerprint density at radius 2 is 1.82 bits per heavy atom. The average molecular weight is 305 g/mol. The number of aromatic amines is 1. The van der Waals surface area contributed by atoms with E-state index in [1.807, 2.05) is 4.57 Å². The maximum Gasteiger partial charge on any atom is 0.329 e. The summed E-state index contributed by atoms with van der Waals surface area (Å²) in [6.07, 6.45) is 5.68. The summed E-state index contributed by atoms with van der Waals surface area (Å²) in [4.78, 5) is 33.4. The quantitative estimate of drug-likeness (QED) is 0.925. The molecule has 0 radical (unpaired) electrons. The molecule has 7 nitrogen and oxygen atoms in total. The summed E-state index contributed by atoms with van der Waals surface area (Å²) in [5.41, 5.74) is 0.214. The Kier molecular flexibility index (Phi) is 4.04. The minimum Gasteiger partial charge on any atom is -0.342 e. The van der Waals surface area contributed by atoms with Crippen molar-refractivity contribution in [3.8, 4) is 0 Å². The van der Waals surface area contributed by atoms with Gasteiger partial charge in [0, 0.05) is 26.7 Å². The van der Waals surface area contributed by atoms with Crippen molar-refractivity contribution >= 4 is 17.1 Å². The molecule has 120 valence electrons. The highest BCUT2D eigenvalue weighted by atomic mass is 16.2. The van der Waals surface area contributed by atoms with E-state index in [-0.39, 0.29) is 5.56 Å². The highest BCUT2D eigenvalue weighted by Gasteiger charge is 2.21. The second-order valence-electron chi connectivity index (χ2n) is 5.96. The molecule has 0 spiro atoms. The average Bonchev–Trinajstić information content (AvgIpc) is 2.69. The van der Waals surface area contributed by atoms with Crippen LogP contribution in [0.1, 0.15) is 39.0 Å². The number of H-pyrrole nitrogens is 1. The largest absolute Gasteiger partial charge is 0.342 e. The topological polar surface area (TPSA) is 75.9 Å². The number of aryl methyl sites for hydroxylation is 2. The third-order valence-corrected chi connectivity index (χ3v) is 4.32. The summed E-state index contributed by atoms with van der Waals surface area (Å²) in [6.45, 7) is 4.72. The van der Waals surface area contributed by atoms with Crippen LogP contribution in [-0.2, 0) is 13.6 Å². The van der Waals surface area contributed by atoms with Crippen molar-refractivity contribution in [2.45, 2.75) is 45.6 Å². The van der Waals surface area contributed by atoms with Crippen LogP contribution < -0.4 is 16.1 Å². The van der Waals surface area contributed by atoms with Crippen molar-refractivity contribution in [2.75, 3.05) is 18.0 Å². The number of rotatable bonds is 3. The third kappa shape index (κ3) is 2.44. The highest BCUT2D eigenvalue weighted by molar-refractivity contribution is 5.74. The minimum atomic E-state index is -0.416. The zero-order chi connectivity index (χ0) is 15.7. The van der Waals surface area contributed by atoms with Crippen molar-refractivity contribution in [3.63, 3.8) is 0 Å². The van der Waals surface area contributed by atoms with Crippen molar-refractivity contribution in [1.29, 1.82) is 0 Å². The van der Waals surface area contributed by atoms with Gasteiger partial charge in [0.05, 0.1) is 0 Å². The van der Waals surface area contributed by atoms with E-state index >= 15 is 0 Å². The number of anilines is 1. The fourth-order valence-corrected chi connectivity index (χ4v) is 3.17. The first kappa shape index (κ1) is 14.9. The smallest absolute Gasteiger partial charge is 0.329 e. The normalized spacial score (nSPS) is 16.2. The predicted molar refractivity (Wildman–Crippen MR) is 86.6 cm³/mol. The van der Waals surface area contributed by atoms with Crippen LogP contribution in [0, 0.1) is 0 Å². The molecule has 2 aromatic heterocycles. The molecule has 3 heterocycles. The molecule has 0 aliphatic carbocycles. The van der Waals surface area contributed by atoms with Crippen LogP contribution in [0.5, 0.6) is 0 Å². The van der Waals surface area contributed by atoms with Crippen molar-refractivity contribution in [2.24, 2.45) is 7.05 Å². The van der Waals surface area contributed by atoms with E-state index in [4.69, 9.17) is 0 Å². The lowest BCUT2D eigenvalue weighted by atomic mass is 10.2. The van der Waals surface area contributed by atoms with E-state index in [9.17, 15) is 9.59 Å². The number of hydrogen-bond acceptors (Lipinski definition) is 4. The van der Waals surface area contributed by atoms with Gasteiger partial charge in [-0.2, -0.15) is 4.98 Å². The lowest BCUT2D eigenvalue weighted by Gasteiger charge is -2.22. The Morgan fingerprint density at radius 3 is 2.45 bits per heavy atom. The summed E-state index contributed by atoms with van der Waals surface area (Å²) >= 11 is 0. The van der Waals surface area contributed by atoms with E-state index in [0.717, 1.165) is 44.8 Å². The number of fused-ring (bicyclic) bond motifs is 1. The fourth-order valence-electron chi connectivity index (χ4n) is 3.17. The standard InChI is InChI=1S/C15H23N5O2/c1-3-8-20-11-12(18(2)15(22)17-13(11)21)16-14(20)19-9-6-4-5-7-10-19/h3-10H2,1-2H3,(H,17,21,22). The van der Waals surface area contributed by atoms with Crippen LogP contribution in [-0.4, -0.2) is 32.2 Å². The minimum absolute atomic E-state index is 0.347. The Morgan fingerprint density at radius 1 is 1.14 bits per heavy atom. The first-order valence-electron chi connectivity index (χ1n) is 8.08. The molecule has 3 rings (SSSR count). The zero-order valence-corrected chi connectivity index (χ0v) is 13.3. The maximum absolute atomic E-state index is 12.3. The van der Waals surface area contributed by atoms with Gasteiger partial charge in [0.2, 0.25) is 5.95 Å². The molecular weight excluding hydrogens is 282 g/mol. The van der Waals surface area contributed by atoms with Crippen molar-refractivity contribution < 1.29 is 0 Å². The summed E-state index contributed by atoms with van der Waals surface area (Å²) < 4.78 is 3.39. The Labute approximate surface area is 128 Å². The maximum atomic E-state index is 12.3. The van der Waals surface area contributed by atoms with E-state index in [0.29, 0.717) is 11.2 Å². The first-order valence-corrected chi connectivity index (χ1v) is 8.08. The van der Waals surface area contributed by atoms with E-state index in [2.05, 4.69) is 21.8 Å². The predicted octanol–water partition coefficient (Wildman–Crippen LogP) is 1.21. The molecule has 1 N–H and O–H groups in total. The molecule has 1 saturated heterocycles. The molecule has 0 unspecified atom stereocenters. The van der Waals surface area contributed by atoms with Crippen molar-refractivity contribution in [1.82, 2.24) is 19.1 Å². The summed E-state index contributed by atoms with van der Waals surface area (Å²) in [5, 5.41) is 0. The number of imidazole rings is 1. The van der Waals surface area contributed by atoms with Crippen molar-refractivity contribution in [3.05, 3.63) is 20.8 Å². The Bertz CT molecular complexity index is 778. The molecule has 0 amide bonds. The number of nitrogens with zero attached hydrogens (tertiary/aromatic N) is 4. The monoisotopic (exact) mass is 305 g/mol. The SMILES string of the molecule is CCCn1c(N2CCCCCC2)nc2c1c(=O)[nH]c(=O)n2C. The third-order valence-electron chi connectivity index (χ3n) is 4.32. The van der Waals surface area contributed by atoms with Gasteiger partial charge in [-0.05, 0) is 19.3 Å². The molecule has 1 fully saturated rings. The number of aromatic nitrogens is 4. The molecule has 7 heteroatoms. The van der Waals surface area contributed by atoms with Gasteiger partial charge in [0.25, 0.3) is 5.56 Å². The first-order chi connectivity index (χ1) is 10.6. The van der Waals surface area contributed by atoms with Crippen LogP contribution >= 0.6 is 0 Å². The number of hydrogen-bond donors (Lipinski definition) is 1. The van der Waals surface area contributed by atoms with Gasteiger partial charge in [-0.3, -0.25) is 14.3 Å². The zero-order valence-electron chi connectivity index (χ0n) is 13.3. The highest BCUT2D eigenvalue weighted by Crippen LogP contribution is 2.22. The van der Waals surface area contributed by atoms with Gasteiger partial charge < -0.3 is 9.47 Å². The van der Waals surface area contributed by atoms with Gasteiger partial charge in [0.15, 0.2) is 11.2 Å². The van der Waals surface area contributed by atoms with Crippen LogP contribution in [0.4, 0.5) is 5.95 Å². The van der Waals surface area contributed by atoms with Gasteiger partial charge in [0.1, 0.15) is 0 Å². The van der Waals surface area contributed by atoms with Crippen LogP contribution in [0.3, 0.4) is 0 Å². The van der Waals surface area contributed by atoms with E-state index in [1.165, 1.54) is 17.4 Å². The number of nitrogens with one attached hydrogen (secondary N) is 1. The van der Waals surface area contributed by atoms with Gasteiger partial charge in [-0.15, -0.1) is 0 Å². The second kappa shape index (κ2) is 5.98. The molecule has 0 aromatic carbocycles. The molecule has 22 heavy (non-hydrogen) atoms. The van der Waals surface area contributed by atoms with Gasteiger partial charge in [-0.25, -0.2) is 4.79 Å². The van der Waals surface area contributed by atoms with Crippen LogP contribution in [0.15, 0.2) is 9.59 Å². The van der Waals surface area contributed by atoms with Gasteiger partial charge >= 0.3 is 5.69 Å². The Balaban J connectivity index is 2.22. The lowest BCUT2D eigenvalue weighted by Crippen LogP contribution is -2.29. The molecule has 0 saturated carbocycles. The summed E-state index contributed by atoms with van der Waals surface area (Å²) in [6, 6.07) is 0. The summed E-state index contributed by atoms with van der Waals surface area (Å²) in [5.74, 6) is 0.824. The van der Waals surface area contributed by atoms with Crippen LogP contribution in [0.25, 0.3) is 11.2 Å². The molecule has 1 aliphatic rings.